The van der Waals surface area contributed by atoms with Crippen molar-refractivity contribution in [3.05, 3.63) is 60.2 Å². The van der Waals surface area contributed by atoms with Crippen molar-refractivity contribution in [2.24, 2.45) is 0 Å². The molecule has 2 amide bonds. The van der Waals surface area contributed by atoms with Crippen molar-refractivity contribution in [3.63, 3.8) is 0 Å². The molecule has 29 heavy (non-hydrogen) atoms. The van der Waals surface area contributed by atoms with Gasteiger partial charge in [0.05, 0.1) is 19.6 Å². The van der Waals surface area contributed by atoms with Crippen LogP contribution in [0.2, 0.25) is 0 Å². The topological polar surface area (TPSA) is 53.1 Å². The minimum Gasteiger partial charge on any atom is -0.497 e. The van der Waals surface area contributed by atoms with Crippen molar-refractivity contribution < 1.29 is 14.3 Å². The fourth-order valence-electron chi connectivity index (χ4n) is 4.16. The number of carbonyl (C=O) groups is 2. The van der Waals surface area contributed by atoms with Crippen LogP contribution >= 0.6 is 0 Å². The molecule has 6 heteroatoms. The van der Waals surface area contributed by atoms with Crippen LogP contribution in [0.25, 0.3) is 0 Å². The summed E-state index contributed by atoms with van der Waals surface area (Å²) in [6, 6.07) is 17.7. The van der Waals surface area contributed by atoms with Gasteiger partial charge in [0.1, 0.15) is 5.75 Å². The van der Waals surface area contributed by atoms with E-state index in [1.807, 2.05) is 42.5 Å². The van der Waals surface area contributed by atoms with Crippen LogP contribution in [-0.2, 0) is 16.0 Å². The first-order chi connectivity index (χ1) is 14.2. The number of hydrogen-bond acceptors (Lipinski definition) is 5. The number of likely N-dealkylation sites (tertiary alicyclic amines) is 1. The second-order valence-corrected chi connectivity index (χ2v) is 7.56. The number of ether oxygens (including phenoxy) is 1. The Labute approximate surface area is 171 Å². The molecule has 6 nitrogen and oxygen atoms in total. The highest BCUT2D eigenvalue weighted by Gasteiger charge is 2.42. The molecule has 2 heterocycles. The fourth-order valence-corrected chi connectivity index (χ4v) is 4.16. The van der Waals surface area contributed by atoms with Crippen molar-refractivity contribution in [1.29, 1.82) is 0 Å². The van der Waals surface area contributed by atoms with Gasteiger partial charge in [0.15, 0.2) is 0 Å². The van der Waals surface area contributed by atoms with E-state index in [0.29, 0.717) is 19.4 Å². The SMILES string of the molecule is COc1ccc(N2CCN([C@H]3CC(=O)N(CCc4ccccc4)C3=O)CC2)cc1. The fraction of sp³-hybridized carbons (Fsp3) is 0.391. The lowest BCUT2D eigenvalue weighted by Crippen LogP contribution is -2.52. The number of benzene rings is 2. The van der Waals surface area contributed by atoms with E-state index in [2.05, 4.69) is 21.9 Å². The van der Waals surface area contributed by atoms with Gasteiger partial charge < -0.3 is 9.64 Å². The van der Waals surface area contributed by atoms with Crippen molar-refractivity contribution in [3.8, 4) is 5.75 Å². The Kier molecular flexibility index (Phi) is 5.81. The number of hydrogen-bond donors (Lipinski definition) is 0. The van der Waals surface area contributed by atoms with Gasteiger partial charge >= 0.3 is 0 Å². The number of nitrogens with zero attached hydrogens (tertiary/aromatic N) is 3. The molecule has 4 rings (SSSR count). The van der Waals surface area contributed by atoms with E-state index in [1.165, 1.54) is 4.90 Å². The lowest BCUT2D eigenvalue weighted by Gasteiger charge is -2.38. The van der Waals surface area contributed by atoms with E-state index in [-0.39, 0.29) is 17.9 Å². The van der Waals surface area contributed by atoms with Crippen LogP contribution in [0, 0.1) is 0 Å². The predicted molar refractivity (Wildman–Crippen MR) is 112 cm³/mol. The molecule has 2 aromatic rings. The van der Waals surface area contributed by atoms with E-state index >= 15 is 0 Å². The van der Waals surface area contributed by atoms with Gasteiger partial charge in [-0.3, -0.25) is 19.4 Å². The summed E-state index contributed by atoms with van der Waals surface area (Å²) in [4.78, 5) is 31.3. The zero-order chi connectivity index (χ0) is 20.2. The zero-order valence-electron chi connectivity index (χ0n) is 16.8. The van der Waals surface area contributed by atoms with E-state index < -0.39 is 0 Å². The molecule has 0 unspecified atom stereocenters. The standard InChI is InChI=1S/C23H27N3O3/c1-29-20-9-7-19(8-10-20)24-13-15-25(16-14-24)21-17-22(27)26(23(21)28)12-11-18-5-3-2-4-6-18/h2-10,21H,11-17H2,1H3/t21-/m0/s1. The summed E-state index contributed by atoms with van der Waals surface area (Å²) in [7, 11) is 1.66. The highest BCUT2D eigenvalue weighted by molar-refractivity contribution is 6.05. The van der Waals surface area contributed by atoms with Gasteiger partial charge in [-0.25, -0.2) is 0 Å². The van der Waals surface area contributed by atoms with Crippen LogP contribution in [0.5, 0.6) is 5.75 Å². The van der Waals surface area contributed by atoms with Crippen molar-refractivity contribution in [1.82, 2.24) is 9.80 Å². The van der Waals surface area contributed by atoms with E-state index in [1.54, 1.807) is 7.11 Å². The van der Waals surface area contributed by atoms with Crippen molar-refractivity contribution in [2.45, 2.75) is 18.9 Å². The van der Waals surface area contributed by atoms with Crippen LogP contribution in [0.15, 0.2) is 54.6 Å². The Morgan fingerprint density at radius 3 is 2.28 bits per heavy atom. The Bertz CT molecular complexity index is 845. The van der Waals surface area contributed by atoms with Gasteiger partial charge in [0.25, 0.3) is 0 Å². The van der Waals surface area contributed by atoms with Crippen LogP contribution in [0.3, 0.4) is 0 Å². The van der Waals surface area contributed by atoms with Gasteiger partial charge in [0.2, 0.25) is 11.8 Å². The highest BCUT2D eigenvalue weighted by atomic mass is 16.5. The smallest absolute Gasteiger partial charge is 0.247 e. The van der Waals surface area contributed by atoms with Gasteiger partial charge in [-0.2, -0.15) is 0 Å². The van der Waals surface area contributed by atoms with E-state index in [9.17, 15) is 9.59 Å². The van der Waals surface area contributed by atoms with Gasteiger partial charge in [0, 0.05) is 38.4 Å². The maximum atomic E-state index is 12.9. The number of rotatable bonds is 6. The second-order valence-electron chi connectivity index (χ2n) is 7.56. The van der Waals surface area contributed by atoms with Gasteiger partial charge in [-0.05, 0) is 36.2 Å². The molecule has 152 valence electrons. The Balaban J connectivity index is 1.32. The first-order valence-corrected chi connectivity index (χ1v) is 10.2. The maximum absolute atomic E-state index is 12.9. The van der Waals surface area contributed by atoms with E-state index in [4.69, 9.17) is 4.74 Å². The normalized spacial score (nSPS) is 20.4. The van der Waals surface area contributed by atoms with Crippen LogP contribution in [-0.4, -0.2) is 67.5 Å². The Morgan fingerprint density at radius 1 is 0.931 bits per heavy atom. The molecular formula is C23H27N3O3. The number of carbonyl (C=O) groups excluding carboxylic acids is 2. The molecule has 0 aliphatic carbocycles. The molecule has 2 saturated heterocycles. The summed E-state index contributed by atoms with van der Waals surface area (Å²) in [5.74, 6) is 0.760. The lowest BCUT2D eigenvalue weighted by atomic mass is 10.1. The number of imide groups is 1. The lowest BCUT2D eigenvalue weighted by molar-refractivity contribution is -0.139. The summed E-state index contributed by atoms with van der Waals surface area (Å²) in [6.07, 6.45) is 1.01. The number of methoxy groups -OCH3 is 1. The van der Waals surface area contributed by atoms with Crippen LogP contribution in [0.1, 0.15) is 12.0 Å². The second kappa shape index (κ2) is 8.66. The van der Waals surface area contributed by atoms with Crippen molar-refractivity contribution in [2.75, 3.05) is 44.7 Å². The highest BCUT2D eigenvalue weighted by Crippen LogP contribution is 2.24. The molecule has 0 radical (unpaired) electrons. The Hall–Kier alpha value is -2.86. The Morgan fingerprint density at radius 2 is 1.62 bits per heavy atom. The molecular weight excluding hydrogens is 366 g/mol. The number of piperazine rings is 1. The molecule has 1 atom stereocenters. The molecule has 0 saturated carbocycles. The first kappa shape index (κ1) is 19.5. The average Bonchev–Trinajstić information content (AvgIpc) is 3.06. The molecule has 2 aliphatic heterocycles. The van der Waals surface area contributed by atoms with Crippen molar-refractivity contribution >= 4 is 17.5 Å². The van der Waals surface area contributed by atoms with E-state index in [0.717, 1.165) is 43.2 Å². The molecule has 0 N–H and O–H groups in total. The zero-order valence-corrected chi connectivity index (χ0v) is 16.8. The maximum Gasteiger partial charge on any atom is 0.247 e. The van der Waals surface area contributed by atoms with Gasteiger partial charge in [-0.1, -0.05) is 30.3 Å². The minimum absolute atomic E-state index is 0.0381. The molecule has 0 bridgehead atoms. The number of anilines is 1. The summed E-state index contributed by atoms with van der Waals surface area (Å²) < 4.78 is 5.22. The molecule has 2 aliphatic rings. The predicted octanol–water partition coefficient (Wildman–Crippen LogP) is 2.19. The molecule has 2 fully saturated rings. The summed E-state index contributed by atoms with van der Waals surface area (Å²) in [5.41, 5.74) is 2.30. The molecule has 0 spiro atoms. The quantitative estimate of drug-likeness (QED) is 0.705. The van der Waals surface area contributed by atoms with Crippen LogP contribution < -0.4 is 9.64 Å². The van der Waals surface area contributed by atoms with Crippen LogP contribution in [0.4, 0.5) is 5.69 Å². The third-order valence-electron chi connectivity index (χ3n) is 5.88. The first-order valence-electron chi connectivity index (χ1n) is 10.2. The monoisotopic (exact) mass is 393 g/mol. The largest absolute Gasteiger partial charge is 0.497 e. The summed E-state index contributed by atoms with van der Waals surface area (Å²) in [6.45, 7) is 3.71. The summed E-state index contributed by atoms with van der Waals surface area (Å²) in [5, 5.41) is 0. The third-order valence-corrected chi connectivity index (χ3v) is 5.88. The van der Waals surface area contributed by atoms with Gasteiger partial charge in [-0.15, -0.1) is 0 Å². The molecule has 0 aromatic heterocycles. The minimum atomic E-state index is -0.309. The molecule has 2 aromatic carbocycles. The third kappa shape index (κ3) is 4.27. The summed E-state index contributed by atoms with van der Waals surface area (Å²) >= 11 is 0. The number of amides is 2. The average molecular weight is 393 g/mol.